The van der Waals surface area contributed by atoms with Gasteiger partial charge in [0.25, 0.3) is 0 Å². The van der Waals surface area contributed by atoms with Gasteiger partial charge in [-0.3, -0.25) is 9.18 Å². The lowest BCUT2D eigenvalue weighted by molar-refractivity contribution is -0.143. The van der Waals surface area contributed by atoms with Gasteiger partial charge in [-0.05, 0) is 30.7 Å². The van der Waals surface area contributed by atoms with E-state index in [0.717, 1.165) is 0 Å². The maximum Gasteiger partial charge on any atom is 0.306 e. The highest BCUT2D eigenvalue weighted by atomic mass is 79.9. The maximum absolute atomic E-state index is 13.5. The molecule has 94 valence electrons. The van der Waals surface area contributed by atoms with Crippen molar-refractivity contribution in [2.45, 2.75) is 19.3 Å². The topological polar surface area (TPSA) is 26.3 Å². The zero-order valence-corrected chi connectivity index (χ0v) is 11.0. The molecule has 0 saturated heterocycles. The summed E-state index contributed by atoms with van der Waals surface area (Å²) in [4.78, 5) is 11.3. The largest absolute Gasteiger partial charge is 0.466 e. The summed E-state index contributed by atoms with van der Waals surface area (Å²) in [6, 6.07) is 4.25. The molecule has 17 heavy (non-hydrogen) atoms. The fraction of sp³-hybridized carbons (Fsp3) is 0.417. The van der Waals surface area contributed by atoms with Crippen LogP contribution in [0.2, 0.25) is 0 Å². The van der Waals surface area contributed by atoms with E-state index in [-0.39, 0.29) is 18.6 Å². The van der Waals surface area contributed by atoms with Crippen LogP contribution in [0.3, 0.4) is 0 Å². The minimum absolute atomic E-state index is 0.155. The zero-order valence-electron chi connectivity index (χ0n) is 9.38. The number of ether oxygens (including phenoxy) is 1. The van der Waals surface area contributed by atoms with Crippen molar-refractivity contribution in [2.75, 3.05) is 13.3 Å². The van der Waals surface area contributed by atoms with Gasteiger partial charge in [0.2, 0.25) is 0 Å². The SMILES string of the molecule is CCOC(=O)CC(CF)c1cc(Br)ccc1F. The van der Waals surface area contributed by atoms with Crippen LogP contribution in [0.5, 0.6) is 0 Å². The second-order valence-electron chi connectivity index (χ2n) is 3.53. The molecule has 1 aromatic rings. The Balaban J connectivity index is 2.85. The van der Waals surface area contributed by atoms with E-state index in [1.165, 1.54) is 18.2 Å². The van der Waals surface area contributed by atoms with Gasteiger partial charge in [-0.2, -0.15) is 0 Å². The number of rotatable bonds is 5. The number of halogens is 3. The summed E-state index contributed by atoms with van der Waals surface area (Å²) in [6.07, 6.45) is -0.155. The lowest BCUT2D eigenvalue weighted by atomic mass is 9.96. The molecule has 5 heteroatoms. The molecule has 1 atom stereocenters. The normalized spacial score (nSPS) is 12.2. The summed E-state index contributed by atoms with van der Waals surface area (Å²) in [5.74, 6) is -1.83. The van der Waals surface area contributed by atoms with E-state index in [1.54, 1.807) is 6.92 Å². The van der Waals surface area contributed by atoms with Gasteiger partial charge in [-0.25, -0.2) is 4.39 Å². The molecular formula is C12H13BrF2O2. The van der Waals surface area contributed by atoms with Crippen molar-refractivity contribution in [2.24, 2.45) is 0 Å². The van der Waals surface area contributed by atoms with Gasteiger partial charge < -0.3 is 4.74 Å². The molecule has 0 saturated carbocycles. The van der Waals surface area contributed by atoms with Crippen LogP contribution in [0.4, 0.5) is 8.78 Å². The summed E-state index contributed by atoms with van der Waals surface area (Å²) >= 11 is 3.19. The van der Waals surface area contributed by atoms with Crippen molar-refractivity contribution >= 4 is 21.9 Å². The summed E-state index contributed by atoms with van der Waals surface area (Å²) in [5, 5.41) is 0. The molecule has 1 rings (SSSR count). The Morgan fingerprint density at radius 3 is 2.82 bits per heavy atom. The highest BCUT2D eigenvalue weighted by Crippen LogP contribution is 2.26. The van der Waals surface area contributed by atoms with Crippen LogP contribution < -0.4 is 0 Å². The number of hydrogen-bond donors (Lipinski definition) is 0. The Morgan fingerprint density at radius 1 is 1.53 bits per heavy atom. The fourth-order valence-electron chi connectivity index (χ4n) is 1.50. The number of benzene rings is 1. The van der Waals surface area contributed by atoms with Crippen LogP contribution in [0.1, 0.15) is 24.8 Å². The van der Waals surface area contributed by atoms with E-state index in [1.807, 2.05) is 0 Å². The molecule has 0 aliphatic heterocycles. The van der Waals surface area contributed by atoms with E-state index < -0.39 is 24.4 Å². The highest BCUT2D eigenvalue weighted by Gasteiger charge is 2.20. The Kier molecular flexibility index (Phi) is 5.55. The molecule has 0 aromatic heterocycles. The molecule has 0 bridgehead atoms. The standard InChI is InChI=1S/C12H13BrF2O2/c1-2-17-12(16)5-8(7-14)10-6-9(13)3-4-11(10)15/h3-4,6,8H,2,5,7H2,1H3. The van der Waals surface area contributed by atoms with Gasteiger partial charge in [-0.15, -0.1) is 0 Å². The maximum atomic E-state index is 13.5. The number of carbonyl (C=O) groups is 1. The average molecular weight is 307 g/mol. The Labute approximate surface area is 107 Å². The van der Waals surface area contributed by atoms with Gasteiger partial charge in [0, 0.05) is 10.4 Å². The van der Waals surface area contributed by atoms with Crippen LogP contribution in [-0.2, 0) is 9.53 Å². The second-order valence-corrected chi connectivity index (χ2v) is 4.44. The van der Waals surface area contributed by atoms with Crippen molar-refractivity contribution < 1.29 is 18.3 Å². The summed E-state index contributed by atoms with van der Waals surface area (Å²) in [6.45, 7) is 1.10. The van der Waals surface area contributed by atoms with E-state index in [0.29, 0.717) is 4.47 Å². The Morgan fingerprint density at radius 2 is 2.24 bits per heavy atom. The molecule has 0 aliphatic rings. The Hall–Kier alpha value is -0.970. The lowest BCUT2D eigenvalue weighted by Gasteiger charge is -2.14. The molecule has 0 N–H and O–H groups in total. The molecule has 0 amide bonds. The first-order chi connectivity index (χ1) is 8.08. The first-order valence-electron chi connectivity index (χ1n) is 5.25. The fourth-order valence-corrected chi connectivity index (χ4v) is 1.87. The third-order valence-corrected chi connectivity index (χ3v) is 2.80. The Bertz CT molecular complexity index is 396. The van der Waals surface area contributed by atoms with Crippen molar-refractivity contribution in [3.8, 4) is 0 Å². The van der Waals surface area contributed by atoms with Crippen molar-refractivity contribution in [1.29, 1.82) is 0 Å². The first-order valence-corrected chi connectivity index (χ1v) is 6.04. The smallest absolute Gasteiger partial charge is 0.306 e. The molecule has 0 aliphatic carbocycles. The predicted octanol–water partition coefficient (Wildman–Crippen LogP) is 3.59. The molecular weight excluding hydrogens is 294 g/mol. The van der Waals surface area contributed by atoms with E-state index in [4.69, 9.17) is 4.74 Å². The van der Waals surface area contributed by atoms with E-state index >= 15 is 0 Å². The van der Waals surface area contributed by atoms with Gasteiger partial charge >= 0.3 is 5.97 Å². The number of alkyl halides is 1. The van der Waals surface area contributed by atoms with Crippen LogP contribution in [0.15, 0.2) is 22.7 Å². The van der Waals surface area contributed by atoms with Crippen molar-refractivity contribution in [3.63, 3.8) is 0 Å². The van der Waals surface area contributed by atoms with Gasteiger partial charge in [0.1, 0.15) is 5.82 Å². The van der Waals surface area contributed by atoms with Crippen LogP contribution >= 0.6 is 15.9 Å². The molecule has 1 aromatic carbocycles. The minimum atomic E-state index is -0.799. The van der Waals surface area contributed by atoms with E-state index in [9.17, 15) is 13.6 Å². The average Bonchev–Trinajstić information content (AvgIpc) is 2.30. The molecule has 0 spiro atoms. The first kappa shape index (κ1) is 14.1. The molecule has 2 nitrogen and oxygen atoms in total. The molecule has 0 radical (unpaired) electrons. The van der Waals surface area contributed by atoms with Crippen LogP contribution in [0, 0.1) is 5.82 Å². The molecule has 1 unspecified atom stereocenters. The quantitative estimate of drug-likeness (QED) is 0.777. The van der Waals surface area contributed by atoms with Gasteiger partial charge in [0.05, 0.1) is 19.7 Å². The zero-order chi connectivity index (χ0) is 12.8. The monoisotopic (exact) mass is 306 g/mol. The third-order valence-electron chi connectivity index (χ3n) is 2.30. The molecule has 0 heterocycles. The summed E-state index contributed by atoms with van der Waals surface area (Å²) < 4.78 is 31.7. The van der Waals surface area contributed by atoms with Crippen molar-refractivity contribution in [1.82, 2.24) is 0 Å². The summed E-state index contributed by atoms with van der Waals surface area (Å²) in [5.41, 5.74) is 0.190. The number of esters is 1. The summed E-state index contributed by atoms with van der Waals surface area (Å²) in [7, 11) is 0. The molecule has 0 fully saturated rings. The van der Waals surface area contributed by atoms with Crippen LogP contribution in [-0.4, -0.2) is 19.3 Å². The van der Waals surface area contributed by atoms with Gasteiger partial charge in [-0.1, -0.05) is 15.9 Å². The van der Waals surface area contributed by atoms with Crippen LogP contribution in [0.25, 0.3) is 0 Å². The number of carbonyl (C=O) groups excluding carboxylic acids is 1. The predicted molar refractivity (Wildman–Crippen MR) is 64.1 cm³/mol. The minimum Gasteiger partial charge on any atom is -0.466 e. The van der Waals surface area contributed by atoms with Crippen molar-refractivity contribution in [3.05, 3.63) is 34.1 Å². The third kappa shape index (κ3) is 4.07. The number of hydrogen-bond acceptors (Lipinski definition) is 2. The van der Waals surface area contributed by atoms with Gasteiger partial charge in [0.15, 0.2) is 0 Å². The lowest BCUT2D eigenvalue weighted by Crippen LogP contribution is -2.13. The highest BCUT2D eigenvalue weighted by molar-refractivity contribution is 9.10. The van der Waals surface area contributed by atoms with E-state index in [2.05, 4.69) is 15.9 Å². The second kappa shape index (κ2) is 6.69.